The van der Waals surface area contributed by atoms with Gasteiger partial charge in [-0.2, -0.15) is 0 Å². The van der Waals surface area contributed by atoms with Gasteiger partial charge in [0.05, 0.1) is 27.2 Å². The van der Waals surface area contributed by atoms with Gasteiger partial charge in [0.15, 0.2) is 11.4 Å². The number of rotatable bonds is 7. The number of aryl methyl sites for hydroxylation is 1. The molecule has 0 aliphatic heterocycles. The topological polar surface area (TPSA) is 87.7 Å². The van der Waals surface area contributed by atoms with Crippen LogP contribution in [0.25, 0.3) is 21.7 Å². The maximum atomic E-state index is 13.0. The average Bonchev–Trinajstić information content (AvgIpc) is 3.46. The summed E-state index contributed by atoms with van der Waals surface area (Å²) in [5, 5.41) is 3.06. The van der Waals surface area contributed by atoms with Gasteiger partial charge in [0.25, 0.3) is 5.91 Å². The third kappa shape index (κ3) is 5.51. The monoisotopic (exact) mass is 488 g/mol. The summed E-state index contributed by atoms with van der Waals surface area (Å²) in [6, 6.07) is 12.1. The largest absolute Gasteiger partial charge is 0.349 e. The molecule has 4 rings (SSSR count). The van der Waals surface area contributed by atoms with Gasteiger partial charge in [-0.1, -0.05) is 57.5 Å². The number of fused-ring (bicyclic) bond motifs is 1. The molecule has 0 spiro atoms. The molecule has 6 nitrogen and oxygen atoms in total. The number of benzene rings is 1. The minimum absolute atomic E-state index is 0.00994. The van der Waals surface area contributed by atoms with Gasteiger partial charge < -0.3 is 10.3 Å². The summed E-state index contributed by atoms with van der Waals surface area (Å²) in [5.41, 5.74) is 4.50. The normalized spacial score (nSPS) is 13.5. The van der Waals surface area contributed by atoms with E-state index in [1.54, 1.807) is 12.4 Å². The van der Waals surface area contributed by atoms with E-state index in [-0.39, 0.29) is 29.1 Å². The number of Topliss-reactive ketones (excluding diaryl/α,β-unsaturated/α-hetero) is 1. The molecule has 2 N–H and O–H groups in total. The molecule has 1 aromatic carbocycles. The molecule has 0 unspecified atom stereocenters. The zero-order valence-electron chi connectivity index (χ0n) is 21.1. The molecule has 0 aliphatic carbocycles. The smallest absolute Gasteiger partial charge is 0.255 e. The predicted octanol–water partition coefficient (Wildman–Crippen LogP) is 6.54. The van der Waals surface area contributed by atoms with Crippen LogP contribution in [-0.4, -0.2) is 32.7 Å². The number of hydrogen-bond acceptors (Lipinski definition) is 5. The highest BCUT2D eigenvalue weighted by atomic mass is 32.1. The van der Waals surface area contributed by atoms with Gasteiger partial charge in [-0.25, -0.2) is 9.97 Å². The third-order valence-electron chi connectivity index (χ3n) is 6.54. The fraction of sp³-hybridized carbons (Fsp3) is 0.357. The third-order valence-corrected chi connectivity index (χ3v) is 7.69. The van der Waals surface area contributed by atoms with Crippen LogP contribution in [0.15, 0.2) is 48.8 Å². The number of hydrogen-bond donors (Lipinski definition) is 2. The van der Waals surface area contributed by atoms with E-state index >= 15 is 0 Å². The summed E-state index contributed by atoms with van der Waals surface area (Å²) in [4.78, 5) is 39.6. The van der Waals surface area contributed by atoms with Crippen molar-refractivity contribution in [3.8, 4) is 10.6 Å². The van der Waals surface area contributed by atoms with Crippen molar-refractivity contribution in [2.24, 2.45) is 5.41 Å². The SMILES string of the molecule is Cc1ccc([C@@H](C)CC(=O)c2ccc(-c3cnc4[nH]cc(C(=O)N[C@@H](C)C(C)(C)C)c4n3)s2)cc1. The molecular formula is C28H32N4O2S. The summed E-state index contributed by atoms with van der Waals surface area (Å²) < 4.78 is 0. The van der Waals surface area contributed by atoms with Gasteiger partial charge in [0, 0.05) is 18.7 Å². The van der Waals surface area contributed by atoms with E-state index in [9.17, 15) is 9.59 Å². The van der Waals surface area contributed by atoms with Crippen LogP contribution in [-0.2, 0) is 0 Å². The van der Waals surface area contributed by atoms with Gasteiger partial charge in [-0.3, -0.25) is 9.59 Å². The van der Waals surface area contributed by atoms with Crippen molar-refractivity contribution in [3.63, 3.8) is 0 Å². The number of nitrogens with one attached hydrogen (secondary N) is 2. The fourth-order valence-corrected chi connectivity index (χ4v) is 4.60. The minimum atomic E-state index is -0.183. The molecule has 0 bridgehead atoms. The lowest BCUT2D eigenvalue weighted by molar-refractivity contribution is 0.0910. The second kappa shape index (κ2) is 9.74. The Labute approximate surface area is 210 Å². The van der Waals surface area contributed by atoms with Gasteiger partial charge in [-0.15, -0.1) is 11.3 Å². The van der Waals surface area contributed by atoms with Crippen molar-refractivity contribution in [1.29, 1.82) is 0 Å². The Bertz CT molecular complexity index is 1360. The van der Waals surface area contributed by atoms with Gasteiger partial charge in [-0.05, 0) is 42.9 Å². The first-order valence-corrected chi connectivity index (χ1v) is 12.7. The highest BCUT2D eigenvalue weighted by Gasteiger charge is 2.24. The van der Waals surface area contributed by atoms with E-state index in [4.69, 9.17) is 4.98 Å². The molecule has 3 aromatic heterocycles. The maximum Gasteiger partial charge on any atom is 0.255 e. The Hall–Kier alpha value is -3.32. The second-order valence-corrected chi connectivity index (χ2v) is 11.4. The van der Waals surface area contributed by atoms with Crippen LogP contribution in [0.4, 0.5) is 0 Å². The fourth-order valence-electron chi connectivity index (χ4n) is 3.69. The summed E-state index contributed by atoms with van der Waals surface area (Å²) in [5.74, 6) is 0.0692. The molecule has 0 saturated carbocycles. The Morgan fingerprint density at radius 1 is 1.09 bits per heavy atom. The molecular weight excluding hydrogens is 456 g/mol. The standard InChI is InChI=1S/C28H32N4O2S/c1-16-7-9-19(10-8-16)17(2)13-22(33)24-12-11-23(35-24)21-15-30-26-25(32-21)20(14-29-26)27(34)31-18(3)28(4,5)6/h7-12,14-15,17-18H,13H2,1-6H3,(H,29,30)(H,31,34)/t17-,18-/m0/s1. The number of aromatic amines is 1. The molecule has 7 heteroatoms. The molecule has 182 valence electrons. The number of amides is 1. The number of nitrogens with zero attached hydrogens (tertiary/aromatic N) is 2. The quantitative estimate of drug-likeness (QED) is 0.289. The number of ketones is 1. The summed E-state index contributed by atoms with van der Waals surface area (Å²) in [6.07, 6.45) is 3.77. The van der Waals surface area contributed by atoms with Crippen LogP contribution in [0.3, 0.4) is 0 Å². The highest BCUT2D eigenvalue weighted by molar-refractivity contribution is 7.17. The van der Waals surface area contributed by atoms with Crippen LogP contribution < -0.4 is 5.32 Å². The Kier molecular flexibility index (Phi) is 6.90. The zero-order chi connectivity index (χ0) is 25.3. The van der Waals surface area contributed by atoms with E-state index < -0.39 is 0 Å². The van der Waals surface area contributed by atoms with Crippen molar-refractivity contribution < 1.29 is 9.59 Å². The molecule has 1 amide bonds. The van der Waals surface area contributed by atoms with Crippen molar-refractivity contribution in [2.75, 3.05) is 0 Å². The van der Waals surface area contributed by atoms with Gasteiger partial charge in [0.1, 0.15) is 5.52 Å². The Morgan fingerprint density at radius 3 is 2.49 bits per heavy atom. The number of thiophene rings is 1. The molecule has 4 aromatic rings. The Morgan fingerprint density at radius 2 is 1.80 bits per heavy atom. The van der Waals surface area contributed by atoms with Crippen molar-refractivity contribution in [1.82, 2.24) is 20.3 Å². The number of H-pyrrole nitrogens is 1. The minimum Gasteiger partial charge on any atom is -0.349 e. The Balaban J connectivity index is 1.53. The van der Waals surface area contributed by atoms with Crippen LogP contribution in [0.1, 0.15) is 78.1 Å². The molecule has 35 heavy (non-hydrogen) atoms. The highest BCUT2D eigenvalue weighted by Crippen LogP contribution is 2.31. The lowest BCUT2D eigenvalue weighted by Crippen LogP contribution is -2.41. The lowest BCUT2D eigenvalue weighted by atomic mass is 9.88. The molecule has 2 atom stereocenters. The molecule has 0 saturated heterocycles. The van der Waals surface area contributed by atoms with E-state index in [2.05, 4.69) is 74.2 Å². The zero-order valence-corrected chi connectivity index (χ0v) is 21.9. The van der Waals surface area contributed by atoms with Crippen molar-refractivity contribution in [3.05, 3.63) is 70.4 Å². The molecule has 0 fully saturated rings. The van der Waals surface area contributed by atoms with E-state index in [0.29, 0.717) is 33.7 Å². The van der Waals surface area contributed by atoms with Gasteiger partial charge in [0.2, 0.25) is 0 Å². The first kappa shape index (κ1) is 24.8. The predicted molar refractivity (Wildman–Crippen MR) is 142 cm³/mol. The van der Waals surface area contributed by atoms with E-state index in [1.807, 2.05) is 19.1 Å². The summed E-state index contributed by atoms with van der Waals surface area (Å²) in [6.45, 7) is 12.4. The van der Waals surface area contributed by atoms with Crippen LogP contribution >= 0.6 is 11.3 Å². The van der Waals surface area contributed by atoms with Crippen LogP contribution in [0, 0.1) is 12.3 Å². The lowest BCUT2D eigenvalue weighted by Gasteiger charge is -2.27. The molecule has 0 radical (unpaired) electrons. The molecule has 3 heterocycles. The van der Waals surface area contributed by atoms with E-state index in [1.165, 1.54) is 16.9 Å². The number of carbonyl (C=O) groups excluding carboxylic acids is 2. The first-order valence-electron chi connectivity index (χ1n) is 11.9. The second-order valence-electron chi connectivity index (χ2n) is 10.3. The van der Waals surface area contributed by atoms with Crippen LogP contribution in [0.5, 0.6) is 0 Å². The van der Waals surface area contributed by atoms with Crippen LogP contribution in [0.2, 0.25) is 0 Å². The van der Waals surface area contributed by atoms with Crippen molar-refractivity contribution in [2.45, 2.75) is 59.9 Å². The molecule has 0 aliphatic rings. The average molecular weight is 489 g/mol. The maximum absolute atomic E-state index is 13.0. The van der Waals surface area contributed by atoms with Gasteiger partial charge >= 0.3 is 0 Å². The summed E-state index contributed by atoms with van der Waals surface area (Å²) >= 11 is 1.41. The number of carbonyl (C=O) groups is 2. The first-order chi connectivity index (χ1) is 16.5. The summed E-state index contributed by atoms with van der Waals surface area (Å²) in [7, 11) is 0. The van der Waals surface area contributed by atoms with E-state index in [0.717, 1.165) is 10.4 Å². The number of aromatic nitrogens is 3. The van der Waals surface area contributed by atoms with Crippen molar-refractivity contribution >= 4 is 34.2 Å².